The fourth-order valence-electron chi connectivity index (χ4n) is 2.37. The molecule has 0 aromatic heterocycles. The Kier molecular flexibility index (Phi) is 5.16. The standard InChI is InChI=1S/C13H17NO2.CH4/c15-13(16)12(10-6-2-1-3-7-10)11-8-4-5-9-14-11;/h1-3,6-7,11-12,14H,4-5,8-9H2,(H,15,16);1H4. The van der Waals surface area contributed by atoms with Crippen molar-refractivity contribution in [2.24, 2.45) is 0 Å². The molecule has 1 fully saturated rings. The van der Waals surface area contributed by atoms with E-state index in [-0.39, 0.29) is 13.5 Å². The van der Waals surface area contributed by atoms with Gasteiger partial charge in [-0.15, -0.1) is 0 Å². The summed E-state index contributed by atoms with van der Waals surface area (Å²) in [5.41, 5.74) is 0.898. The number of benzene rings is 1. The lowest BCUT2D eigenvalue weighted by Gasteiger charge is -2.29. The molecular weight excluding hydrogens is 214 g/mol. The summed E-state index contributed by atoms with van der Waals surface area (Å²) in [6, 6.07) is 9.58. The predicted octanol–water partition coefficient (Wildman–Crippen LogP) is 2.63. The molecule has 0 aliphatic carbocycles. The fourth-order valence-corrected chi connectivity index (χ4v) is 2.37. The third-order valence-corrected chi connectivity index (χ3v) is 3.18. The molecule has 3 heteroatoms. The summed E-state index contributed by atoms with van der Waals surface area (Å²) in [5, 5.41) is 12.7. The maximum absolute atomic E-state index is 11.4. The van der Waals surface area contributed by atoms with Gasteiger partial charge in [0.2, 0.25) is 0 Å². The highest BCUT2D eigenvalue weighted by Crippen LogP contribution is 2.25. The largest absolute Gasteiger partial charge is 0.481 e. The van der Waals surface area contributed by atoms with Gasteiger partial charge in [0.25, 0.3) is 0 Å². The quantitative estimate of drug-likeness (QED) is 0.846. The molecule has 2 rings (SSSR count). The van der Waals surface area contributed by atoms with Crippen LogP contribution in [0.15, 0.2) is 30.3 Å². The molecule has 0 bridgehead atoms. The number of hydrogen-bond acceptors (Lipinski definition) is 2. The van der Waals surface area contributed by atoms with E-state index < -0.39 is 11.9 Å². The third-order valence-electron chi connectivity index (χ3n) is 3.18. The van der Waals surface area contributed by atoms with Crippen LogP contribution >= 0.6 is 0 Å². The van der Waals surface area contributed by atoms with Crippen molar-refractivity contribution in [2.75, 3.05) is 6.54 Å². The minimum atomic E-state index is -0.731. The van der Waals surface area contributed by atoms with E-state index in [0.29, 0.717) is 0 Å². The molecule has 2 N–H and O–H groups in total. The van der Waals surface area contributed by atoms with Crippen LogP contribution in [-0.4, -0.2) is 23.7 Å². The molecule has 1 aromatic carbocycles. The van der Waals surface area contributed by atoms with Crippen LogP contribution in [0.25, 0.3) is 0 Å². The van der Waals surface area contributed by atoms with E-state index in [1.54, 1.807) is 0 Å². The average Bonchev–Trinajstić information content (AvgIpc) is 2.31. The molecule has 2 unspecified atom stereocenters. The minimum absolute atomic E-state index is 0. The number of piperidine rings is 1. The number of carbonyl (C=O) groups is 1. The van der Waals surface area contributed by atoms with Gasteiger partial charge in [-0.25, -0.2) is 0 Å². The van der Waals surface area contributed by atoms with E-state index in [9.17, 15) is 9.90 Å². The van der Waals surface area contributed by atoms with E-state index in [4.69, 9.17) is 0 Å². The summed E-state index contributed by atoms with van der Waals surface area (Å²) in [4.78, 5) is 11.4. The Morgan fingerprint density at radius 3 is 2.53 bits per heavy atom. The zero-order valence-electron chi connectivity index (χ0n) is 9.23. The normalized spacial score (nSPS) is 21.3. The highest BCUT2D eigenvalue weighted by molar-refractivity contribution is 5.77. The second kappa shape index (κ2) is 6.40. The average molecular weight is 235 g/mol. The Hall–Kier alpha value is -1.35. The lowest BCUT2D eigenvalue weighted by atomic mass is 9.86. The molecule has 17 heavy (non-hydrogen) atoms. The lowest BCUT2D eigenvalue weighted by molar-refractivity contribution is -0.139. The second-order valence-electron chi connectivity index (χ2n) is 4.28. The van der Waals surface area contributed by atoms with Crippen LogP contribution in [0.3, 0.4) is 0 Å². The van der Waals surface area contributed by atoms with Gasteiger partial charge >= 0.3 is 5.97 Å². The molecule has 1 aromatic rings. The van der Waals surface area contributed by atoms with Gasteiger partial charge in [0.05, 0.1) is 5.92 Å². The summed E-state index contributed by atoms with van der Waals surface area (Å²) in [7, 11) is 0. The molecule has 0 radical (unpaired) electrons. The molecule has 0 amide bonds. The van der Waals surface area contributed by atoms with E-state index in [1.807, 2.05) is 30.3 Å². The Bertz CT molecular complexity index is 344. The van der Waals surface area contributed by atoms with Gasteiger partial charge in [0, 0.05) is 6.04 Å². The molecule has 1 heterocycles. The first kappa shape index (κ1) is 13.7. The van der Waals surface area contributed by atoms with Gasteiger partial charge in [0.1, 0.15) is 0 Å². The highest BCUT2D eigenvalue weighted by atomic mass is 16.4. The Morgan fingerprint density at radius 2 is 2.00 bits per heavy atom. The van der Waals surface area contributed by atoms with Crippen molar-refractivity contribution in [3.8, 4) is 0 Å². The Morgan fingerprint density at radius 1 is 1.29 bits per heavy atom. The van der Waals surface area contributed by atoms with Crippen molar-refractivity contribution < 1.29 is 9.90 Å². The molecule has 1 aliphatic heterocycles. The summed E-state index contributed by atoms with van der Waals surface area (Å²) in [6.45, 7) is 0.932. The van der Waals surface area contributed by atoms with Crippen LogP contribution in [0.5, 0.6) is 0 Å². The first-order valence-corrected chi connectivity index (χ1v) is 5.80. The maximum atomic E-state index is 11.4. The summed E-state index contributed by atoms with van der Waals surface area (Å²) in [5.74, 6) is -1.15. The van der Waals surface area contributed by atoms with Crippen LogP contribution in [0.4, 0.5) is 0 Å². The van der Waals surface area contributed by atoms with Crippen LogP contribution in [0.1, 0.15) is 38.2 Å². The van der Waals surface area contributed by atoms with Crippen molar-refractivity contribution in [2.45, 2.75) is 38.6 Å². The highest BCUT2D eigenvalue weighted by Gasteiger charge is 2.30. The van der Waals surface area contributed by atoms with Crippen LogP contribution < -0.4 is 5.32 Å². The van der Waals surface area contributed by atoms with Gasteiger partial charge in [0.15, 0.2) is 0 Å². The minimum Gasteiger partial charge on any atom is -0.481 e. The first-order valence-electron chi connectivity index (χ1n) is 5.80. The summed E-state index contributed by atoms with van der Waals surface area (Å²) in [6.07, 6.45) is 3.22. The zero-order valence-corrected chi connectivity index (χ0v) is 9.23. The van der Waals surface area contributed by atoms with Crippen molar-refractivity contribution in [3.63, 3.8) is 0 Å². The maximum Gasteiger partial charge on any atom is 0.312 e. The molecule has 2 atom stereocenters. The monoisotopic (exact) mass is 235 g/mol. The first-order chi connectivity index (χ1) is 7.79. The van der Waals surface area contributed by atoms with E-state index in [0.717, 1.165) is 31.4 Å². The number of carboxylic acids is 1. The van der Waals surface area contributed by atoms with E-state index in [2.05, 4.69) is 5.32 Å². The SMILES string of the molecule is C.O=C(O)C(c1ccccc1)C1CCCCN1. The number of rotatable bonds is 3. The smallest absolute Gasteiger partial charge is 0.312 e. The van der Waals surface area contributed by atoms with Gasteiger partial charge < -0.3 is 10.4 Å². The van der Waals surface area contributed by atoms with Crippen molar-refractivity contribution in [1.29, 1.82) is 0 Å². The van der Waals surface area contributed by atoms with Gasteiger partial charge in [-0.05, 0) is 24.9 Å². The number of hydrogen-bond donors (Lipinski definition) is 2. The van der Waals surface area contributed by atoms with E-state index in [1.165, 1.54) is 0 Å². The molecule has 3 nitrogen and oxygen atoms in total. The molecule has 0 spiro atoms. The molecule has 1 aliphatic rings. The van der Waals surface area contributed by atoms with Crippen LogP contribution in [0, 0.1) is 0 Å². The Labute approximate surface area is 103 Å². The second-order valence-corrected chi connectivity index (χ2v) is 4.28. The third kappa shape index (κ3) is 3.30. The van der Waals surface area contributed by atoms with Crippen LogP contribution in [0.2, 0.25) is 0 Å². The summed E-state index contributed by atoms with van der Waals surface area (Å²) < 4.78 is 0. The van der Waals surface area contributed by atoms with Crippen molar-refractivity contribution in [3.05, 3.63) is 35.9 Å². The molecular formula is C14H21NO2. The number of aliphatic carboxylic acids is 1. The molecule has 1 saturated heterocycles. The van der Waals surface area contributed by atoms with E-state index >= 15 is 0 Å². The van der Waals surface area contributed by atoms with Gasteiger partial charge in [-0.1, -0.05) is 44.2 Å². The Balaban J connectivity index is 0.00000144. The lowest BCUT2D eigenvalue weighted by Crippen LogP contribution is -2.41. The number of nitrogens with one attached hydrogen (secondary N) is 1. The summed E-state index contributed by atoms with van der Waals surface area (Å²) >= 11 is 0. The van der Waals surface area contributed by atoms with Gasteiger partial charge in [-0.3, -0.25) is 4.79 Å². The molecule has 0 saturated carbocycles. The molecule has 94 valence electrons. The van der Waals surface area contributed by atoms with Crippen LogP contribution in [-0.2, 0) is 4.79 Å². The van der Waals surface area contributed by atoms with Crippen molar-refractivity contribution in [1.82, 2.24) is 5.32 Å². The zero-order chi connectivity index (χ0) is 11.4. The number of carboxylic acid groups (broad SMARTS) is 1. The predicted molar refractivity (Wildman–Crippen MR) is 69.2 cm³/mol. The topological polar surface area (TPSA) is 49.3 Å². The van der Waals surface area contributed by atoms with Crippen molar-refractivity contribution >= 4 is 5.97 Å². The fraction of sp³-hybridized carbons (Fsp3) is 0.500. The van der Waals surface area contributed by atoms with Gasteiger partial charge in [-0.2, -0.15) is 0 Å².